The fourth-order valence-corrected chi connectivity index (χ4v) is 3.14. The zero-order valence-electron chi connectivity index (χ0n) is 11.2. The molecule has 0 aromatic heterocycles. The van der Waals surface area contributed by atoms with E-state index in [0.717, 1.165) is 10.8 Å². The van der Waals surface area contributed by atoms with Crippen LogP contribution in [0.1, 0.15) is 13.3 Å². The third-order valence-corrected chi connectivity index (χ3v) is 4.30. The third kappa shape index (κ3) is 8.72. The molecule has 0 rings (SSSR count). The predicted octanol–water partition coefficient (Wildman–Crippen LogP) is 4.09. The molecule has 0 aromatic carbocycles. The monoisotopic (exact) mass is 356 g/mol. The molecule has 0 saturated heterocycles. The van der Waals surface area contributed by atoms with Crippen LogP contribution in [0.3, 0.4) is 0 Å². The van der Waals surface area contributed by atoms with Crippen LogP contribution < -0.4 is 0 Å². The molecule has 0 radical (unpaired) electrons. The molecule has 16 heavy (non-hydrogen) atoms. The van der Waals surface area contributed by atoms with Gasteiger partial charge in [0.15, 0.2) is 0 Å². The molecule has 0 aliphatic carbocycles. The lowest BCUT2D eigenvalue weighted by Gasteiger charge is -2.26. The number of rotatable bonds is 8. The fourth-order valence-electron chi connectivity index (χ4n) is 1.25. The standard InChI is InChI=1S/C12H25IO2Si/c1-12(8-9-13,15-11-14-2)7-6-10-16(3,4)5/h6-7H,8-11H2,1-5H3/b7-6+/t12-/m1/s1. The normalized spacial score (nSPS) is 16.6. The zero-order chi connectivity index (χ0) is 12.7. The topological polar surface area (TPSA) is 18.5 Å². The third-order valence-electron chi connectivity index (χ3n) is 2.30. The smallest absolute Gasteiger partial charge is 0.147 e. The van der Waals surface area contributed by atoms with Crippen molar-refractivity contribution in [3.05, 3.63) is 12.2 Å². The van der Waals surface area contributed by atoms with Crippen LogP contribution in [0.4, 0.5) is 0 Å². The first-order valence-corrected chi connectivity index (χ1v) is 10.9. The van der Waals surface area contributed by atoms with E-state index in [1.807, 2.05) is 0 Å². The van der Waals surface area contributed by atoms with Crippen LogP contribution in [0.5, 0.6) is 0 Å². The summed E-state index contributed by atoms with van der Waals surface area (Å²) in [6, 6.07) is 1.21. The van der Waals surface area contributed by atoms with Crippen LogP contribution in [0.25, 0.3) is 0 Å². The molecule has 0 aliphatic heterocycles. The Labute approximate surface area is 115 Å². The van der Waals surface area contributed by atoms with Gasteiger partial charge in [0.05, 0.1) is 5.60 Å². The van der Waals surface area contributed by atoms with Crippen LogP contribution in [0, 0.1) is 0 Å². The van der Waals surface area contributed by atoms with Gasteiger partial charge >= 0.3 is 0 Å². The maximum absolute atomic E-state index is 5.74. The van der Waals surface area contributed by atoms with Crippen molar-refractivity contribution < 1.29 is 9.47 Å². The Bertz CT molecular complexity index is 214. The lowest BCUT2D eigenvalue weighted by molar-refractivity contribution is -0.100. The van der Waals surface area contributed by atoms with E-state index in [2.05, 4.69) is 61.3 Å². The molecule has 0 aromatic rings. The minimum Gasteiger partial charge on any atom is -0.359 e. The summed E-state index contributed by atoms with van der Waals surface area (Å²) in [5.74, 6) is 0. The van der Waals surface area contributed by atoms with E-state index in [-0.39, 0.29) is 5.60 Å². The molecule has 4 heteroatoms. The maximum atomic E-state index is 5.74. The second kappa shape index (κ2) is 7.84. The van der Waals surface area contributed by atoms with Crippen molar-refractivity contribution in [1.82, 2.24) is 0 Å². The summed E-state index contributed by atoms with van der Waals surface area (Å²) in [5.41, 5.74) is -0.170. The predicted molar refractivity (Wildman–Crippen MR) is 82.2 cm³/mol. The van der Waals surface area contributed by atoms with Crippen molar-refractivity contribution in [2.24, 2.45) is 0 Å². The molecule has 0 saturated carbocycles. The summed E-state index contributed by atoms with van der Waals surface area (Å²) in [5, 5.41) is 0. The van der Waals surface area contributed by atoms with Crippen LogP contribution in [0.15, 0.2) is 12.2 Å². The fraction of sp³-hybridized carbons (Fsp3) is 0.833. The van der Waals surface area contributed by atoms with E-state index < -0.39 is 8.07 Å². The van der Waals surface area contributed by atoms with Crippen LogP contribution in [-0.4, -0.2) is 32.0 Å². The maximum Gasteiger partial charge on any atom is 0.147 e. The van der Waals surface area contributed by atoms with Crippen LogP contribution in [0.2, 0.25) is 25.7 Å². The first-order valence-electron chi connectivity index (χ1n) is 5.69. The molecule has 0 unspecified atom stereocenters. The number of alkyl halides is 1. The van der Waals surface area contributed by atoms with Crippen molar-refractivity contribution in [3.63, 3.8) is 0 Å². The van der Waals surface area contributed by atoms with Gasteiger partial charge < -0.3 is 9.47 Å². The first kappa shape index (κ1) is 16.6. The van der Waals surface area contributed by atoms with Gasteiger partial charge in [-0.05, 0) is 19.4 Å². The summed E-state index contributed by atoms with van der Waals surface area (Å²) in [6.07, 6.45) is 5.52. The minimum absolute atomic E-state index is 0.170. The van der Waals surface area contributed by atoms with Gasteiger partial charge in [0.25, 0.3) is 0 Å². The average Bonchev–Trinajstić information content (AvgIpc) is 2.13. The number of hydrogen-bond donors (Lipinski definition) is 0. The molecule has 0 N–H and O–H groups in total. The molecular weight excluding hydrogens is 331 g/mol. The summed E-state index contributed by atoms with van der Waals surface area (Å²) < 4.78 is 11.8. The number of halogens is 1. The molecular formula is C12H25IO2Si. The lowest BCUT2D eigenvalue weighted by atomic mass is 10.0. The lowest BCUT2D eigenvalue weighted by Crippen LogP contribution is -2.28. The highest BCUT2D eigenvalue weighted by molar-refractivity contribution is 14.1. The van der Waals surface area contributed by atoms with Crippen LogP contribution >= 0.6 is 22.6 Å². The van der Waals surface area contributed by atoms with Gasteiger partial charge in [0, 0.05) is 19.6 Å². The van der Waals surface area contributed by atoms with Gasteiger partial charge in [0.1, 0.15) is 6.79 Å². The van der Waals surface area contributed by atoms with E-state index in [0.29, 0.717) is 6.79 Å². The van der Waals surface area contributed by atoms with Crippen molar-refractivity contribution in [2.45, 2.75) is 44.6 Å². The first-order chi connectivity index (χ1) is 7.33. The number of hydrogen-bond acceptors (Lipinski definition) is 2. The van der Waals surface area contributed by atoms with Crippen molar-refractivity contribution >= 4 is 30.7 Å². The number of ether oxygens (including phenoxy) is 2. The number of methoxy groups -OCH3 is 1. The van der Waals surface area contributed by atoms with Gasteiger partial charge in [-0.15, -0.1) is 0 Å². The van der Waals surface area contributed by atoms with E-state index in [1.54, 1.807) is 7.11 Å². The average molecular weight is 356 g/mol. The van der Waals surface area contributed by atoms with E-state index in [4.69, 9.17) is 9.47 Å². The molecule has 0 aliphatic rings. The summed E-state index contributed by atoms with van der Waals surface area (Å²) >= 11 is 2.39. The summed E-state index contributed by atoms with van der Waals surface area (Å²) in [4.78, 5) is 0. The summed E-state index contributed by atoms with van der Waals surface area (Å²) in [6.45, 7) is 9.63. The molecule has 2 nitrogen and oxygen atoms in total. The Morgan fingerprint density at radius 3 is 2.38 bits per heavy atom. The second-order valence-electron chi connectivity index (χ2n) is 5.47. The largest absolute Gasteiger partial charge is 0.359 e. The Morgan fingerprint density at radius 1 is 1.31 bits per heavy atom. The Balaban J connectivity index is 4.30. The Morgan fingerprint density at radius 2 is 1.94 bits per heavy atom. The summed E-state index contributed by atoms with van der Waals surface area (Å²) in [7, 11) is 0.676. The zero-order valence-corrected chi connectivity index (χ0v) is 14.3. The Hall–Kier alpha value is 0.607. The minimum atomic E-state index is -0.987. The quantitative estimate of drug-likeness (QED) is 0.214. The van der Waals surface area contributed by atoms with Crippen molar-refractivity contribution in [2.75, 3.05) is 18.3 Å². The molecule has 96 valence electrons. The van der Waals surface area contributed by atoms with Gasteiger partial charge in [-0.25, -0.2) is 0 Å². The highest BCUT2D eigenvalue weighted by Gasteiger charge is 2.21. The van der Waals surface area contributed by atoms with Gasteiger partial charge in [0.2, 0.25) is 0 Å². The van der Waals surface area contributed by atoms with Gasteiger partial charge in [-0.2, -0.15) is 0 Å². The highest BCUT2D eigenvalue weighted by Crippen LogP contribution is 2.20. The molecule has 0 spiro atoms. The van der Waals surface area contributed by atoms with Crippen LogP contribution in [-0.2, 0) is 9.47 Å². The second-order valence-corrected chi connectivity index (χ2v) is 12.1. The molecule has 1 atom stereocenters. The van der Waals surface area contributed by atoms with Gasteiger partial charge in [-0.1, -0.05) is 54.4 Å². The Kier molecular flexibility index (Phi) is 8.14. The number of allylic oxidation sites excluding steroid dienone is 1. The molecule has 0 heterocycles. The molecule has 0 fully saturated rings. The van der Waals surface area contributed by atoms with Gasteiger partial charge in [-0.3, -0.25) is 0 Å². The van der Waals surface area contributed by atoms with E-state index in [1.165, 1.54) is 6.04 Å². The molecule has 0 amide bonds. The molecule has 0 bridgehead atoms. The SMILES string of the molecule is COCO[C@](C)(/C=C/C[Si](C)(C)C)CCI. The van der Waals surface area contributed by atoms with Crippen molar-refractivity contribution in [1.29, 1.82) is 0 Å². The van der Waals surface area contributed by atoms with E-state index >= 15 is 0 Å². The highest BCUT2D eigenvalue weighted by atomic mass is 127. The van der Waals surface area contributed by atoms with Crippen molar-refractivity contribution in [3.8, 4) is 0 Å². The van der Waals surface area contributed by atoms with E-state index in [9.17, 15) is 0 Å².